The molecule has 0 bridgehead atoms. The van der Waals surface area contributed by atoms with Gasteiger partial charge in [0, 0.05) is 39.8 Å². The first-order valence-corrected chi connectivity index (χ1v) is 4.68. The number of rotatable bonds is 4. The largest absolute Gasteiger partial charge is 0.484 e. The summed E-state index contributed by atoms with van der Waals surface area (Å²) < 4.78 is 5.25. The van der Waals surface area contributed by atoms with Crippen LogP contribution in [0, 0.1) is 7.43 Å². The van der Waals surface area contributed by atoms with Crippen LogP contribution in [0.2, 0.25) is 0 Å². The maximum Gasteiger partial charge on any atom is 0.257 e. The molecule has 0 saturated heterocycles. The third kappa shape index (κ3) is 6.24. The number of nitrogens with one attached hydrogen (secondary N) is 1. The molecular formula is C12H18NO2Y-. The minimum atomic E-state index is -0.121. The Morgan fingerprint density at radius 3 is 2.31 bits per heavy atom. The zero-order valence-electron chi connectivity index (χ0n) is 10.1. The van der Waals surface area contributed by atoms with Crippen molar-refractivity contribution in [1.82, 2.24) is 5.32 Å². The molecule has 0 atom stereocenters. The summed E-state index contributed by atoms with van der Waals surface area (Å²) in [5, 5.41) is 2.49. The Labute approximate surface area is 123 Å². The van der Waals surface area contributed by atoms with Crippen LogP contribution in [0.15, 0.2) is 24.3 Å². The fraction of sp³-hybridized carbons (Fsp3) is 0.333. The SMILES string of the molecule is CCc1ccc(OCC(=O)NC)cc1.[CH3-].[Y]. The van der Waals surface area contributed by atoms with Gasteiger partial charge in [-0.05, 0) is 24.1 Å². The van der Waals surface area contributed by atoms with Gasteiger partial charge in [-0.1, -0.05) is 19.1 Å². The fourth-order valence-corrected chi connectivity index (χ4v) is 1.04. The average molecular weight is 297 g/mol. The number of ether oxygens (including phenoxy) is 1. The molecule has 1 aromatic carbocycles. The Morgan fingerprint density at radius 1 is 1.31 bits per heavy atom. The molecule has 1 aromatic rings. The van der Waals surface area contributed by atoms with E-state index in [0.29, 0.717) is 0 Å². The maximum absolute atomic E-state index is 10.9. The van der Waals surface area contributed by atoms with Crippen molar-refractivity contribution in [2.24, 2.45) is 0 Å². The summed E-state index contributed by atoms with van der Waals surface area (Å²) in [5.41, 5.74) is 1.26. The van der Waals surface area contributed by atoms with E-state index in [0.717, 1.165) is 12.2 Å². The predicted molar refractivity (Wildman–Crippen MR) is 61.8 cm³/mol. The van der Waals surface area contributed by atoms with Crippen molar-refractivity contribution in [1.29, 1.82) is 0 Å². The van der Waals surface area contributed by atoms with E-state index < -0.39 is 0 Å². The molecule has 0 aliphatic heterocycles. The maximum atomic E-state index is 10.9. The van der Waals surface area contributed by atoms with Crippen LogP contribution in [-0.2, 0) is 43.9 Å². The number of aryl methyl sites for hydroxylation is 1. The normalized spacial score (nSPS) is 8.38. The second-order valence-corrected chi connectivity index (χ2v) is 2.96. The monoisotopic (exact) mass is 297 g/mol. The Hall–Kier alpha value is -0.406. The molecule has 1 amide bonds. The Kier molecular flexibility index (Phi) is 11.0. The fourth-order valence-electron chi connectivity index (χ4n) is 1.04. The van der Waals surface area contributed by atoms with Crippen molar-refractivity contribution in [3.8, 4) is 5.75 Å². The van der Waals surface area contributed by atoms with E-state index in [1.807, 2.05) is 24.3 Å². The van der Waals surface area contributed by atoms with Crippen LogP contribution in [0.25, 0.3) is 0 Å². The second-order valence-electron chi connectivity index (χ2n) is 2.96. The summed E-state index contributed by atoms with van der Waals surface area (Å²) in [7, 11) is 1.59. The van der Waals surface area contributed by atoms with Gasteiger partial charge in [0.2, 0.25) is 0 Å². The topological polar surface area (TPSA) is 38.3 Å². The van der Waals surface area contributed by atoms with Gasteiger partial charge in [-0.15, -0.1) is 0 Å². The van der Waals surface area contributed by atoms with Crippen molar-refractivity contribution in [2.45, 2.75) is 13.3 Å². The standard InChI is InChI=1S/C11H15NO2.CH3.Y/c1-3-9-4-6-10(7-5-9)14-8-11(13)12-2;;/h4-7H,3,8H2,1-2H3,(H,12,13);1H3;/q;-1;. The first-order valence-electron chi connectivity index (χ1n) is 4.68. The molecule has 4 heteroatoms. The van der Waals surface area contributed by atoms with E-state index in [1.54, 1.807) is 7.05 Å². The number of likely N-dealkylation sites (N-methyl/N-ethyl adjacent to an activating group) is 1. The van der Waals surface area contributed by atoms with E-state index in [4.69, 9.17) is 4.74 Å². The molecule has 0 heterocycles. The van der Waals surface area contributed by atoms with Crippen molar-refractivity contribution < 1.29 is 42.2 Å². The molecule has 0 saturated carbocycles. The quantitative estimate of drug-likeness (QED) is 0.861. The second kappa shape index (κ2) is 9.79. The van der Waals surface area contributed by atoms with Crippen molar-refractivity contribution in [3.05, 3.63) is 37.3 Å². The smallest absolute Gasteiger partial charge is 0.257 e. The van der Waals surface area contributed by atoms with E-state index in [-0.39, 0.29) is 52.6 Å². The van der Waals surface area contributed by atoms with E-state index in [2.05, 4.69) is 12.2 Å². The minimum absolute atomic E-state index is 0. The summed E-state index contributed by atoms with van der Waals surface area (Å²) in [6.45, 7) is 2.17. The zero-order chi connectivity index (χ0) is 10.4. The molecule has 1 rings (SSSR count). The van der Waals surface area contributed by atoms with Gasteiger partial charge in [-0.3, -0.25) is 4.79 Å². The first-order chi connectivity index (χ1) is 6.76. The number of hydrogen-bond donors (Lipinski definition) is 1. The first kappa shape index (κ1) is 18.0. The van der Waals surface area contributed by atoms with Crippen LogP contribution in [-0.4, -0.2) is 19.6 Å². The van der Waals surface area contributed by atoms with Crippen LogP contribution >= 0.6 is 0 Å². The molecule has 1 N–H and O–H groups in total. The van der Waals surface area contributed by atoms with Gasteiger partial charge < -0.3 is 17.5 Å². The molecule has 1 radical (unpaired) electrons. The summed E-state index contributed by atoms with van der Waals surface area (Å²) in [6.07, 6.45) is 1.01. The number of amides is 1. The van der Waals surface area contributed by atoms with Gasteiger partial charge in [0.25, 0.3) is 5.91 Å². The van der Waals surface area contributed by atoms with E-state index in [9.17, 15) is 4.79 Å². The van der Waals surface area contributed by atoms with Crippen molar-refractivity contribution in [3.63, 3.8) is 0 Å². The van der Waals surface area contributed by atoms with Crippen LogP contribution in [0.3, 0.4) is 0 Å². The predicted octanol–water partition coefficient (Wildman–Crippen LogP) is 1.82. The van der Waals surface area contributed by atoms with E-state index >= 15 is 0 Å². The molecule has 0 aliphatic carbocycles. The Balaban J connectivity index is 0. The third-order valence-electron chi connectivity index (χ3n) is 1.98. The van der Waals surface area contributed by atoms with E-state index in [1.165, 1.54) is 5.56 Å². The molecule has 0 unspecified atom stereocenters. The van der Waals surface area contributed by atoms with Gasteiger partial charge in [0.15, 0.2) is 6.61 Å². The molecule has 16 heavy (non-hydrogen) atoms. The minimum Gasteiger partial charge on any atom is -0.484 e. The molecule has 0 aromatic heterocycles. The van der Waals surface area contributed by atoms with Crippen molar-refractivity contribution >= 4 is 5.91 Å². The summed E-state index contributed by atoms with van der Waals surface area (Å²) in [5.74, 6) is 0.607. The average Bonchev–Trinajstić information content (AvgIpc) is 2.26. The van der Waals surface area contributed by atoms with Gasteiger partial charge >= 0.3 is 0 Å². The zero-order valence-corrected chi connectivity index (χ0v) is 13.0. The van der Waals surface area contributed by atoms with Crippen LogP contribution in [0.1, 0.15) is 12.5 Å². The summed E-state index contributed by atoms with van der Waals surface area (Å²) in [6, 6.07) is 7.75. The third-order valence-corrected chi connectivity index (χ3v) is 1.98. The van der Waals surface area contributed by atoms with Crippen molar-refractivity contribution in [2.75, 3.05) is 13.7 Å². The van der Waals surface area contributed by atoms with Crippen LogP contribution < -0.4 is 10.1 Å². The molecule has 87 valence electrons. The number of carbonyl (C=O) groups is 1. The van der Waals surface area contributed by atoms with Gasteiger partial charge in [0.05, 0.1) is 0 Å². The summed E-state index contributed by atoms with van der Waals surface area (Å²) >= 11 is 0. The van der Waals surface area contributed by atoms with Crippen LogP contribution in [0.5, 0.6) is 5.75 Å². The molecule has 0 fully saturated rings. The Morgan fingerprint density at radius 2 is 1.88 bits per heavy atom. The van der Waals surface area contributed by atoms with Gasteiger partial charge in [-0.2, -0.15) is 0 Å². The molecule has 3 nitrogen and oxygen atoms in total. The number of carbonyl (C=O) groups excluding carboxylic acids is 1. The Bertz CT molecular complexity index is 298. The number of benzene rings is 1. The molecule has 0 aliphatic rings. The number of hydrogen-bond acceptors (Lipinski definition) is 2. The van der Waals surface area contributed by atoms with Gasteiger partial charge in [-0.25, -0.2) is 0 Å². The summed E-state index contributed by atoms with van der Waals surface area (Å²) in [4.78, 5) is 10.9. The van der Waals surface area contributed by atoms with Crippen LogP contribution in [0.4, 0.5) is 0 Å². The van der Waals surface area contributed by atoms with Gasteiger partial charge in [0.1, 0.15) is 5.75 Å². The molecular weight excluding hydrogens is 279 g/mol. The molecule has 0 spiro atoms.